The normalized spacial score (nSPS) is 18.6. The Morgan fingerprint density at radius 1 is 1.06 bits per heavy atom. The van der Waals surface area contributed by atoms with Gasteiger partial charge < -0.3 is 19.4 Å². The Balaban J connectivity index is 1.29. The Labute approximate surface area is 188 Å². The topological polar surface area (TPSA) is 95.2 Å². The van der Waals surface area contributed by atoms with E-state index in [-0.39, 0.29) is 10.8 Å². The van der Waals surface area contributed by atoms with Crippen molar-refractivity contribution in [2.24, 2.45) is 0 Å². The number of rotatable bonds is 7. The van der Waals surface area contributed by atoms with Crippen LogP contribution in [0, 0.1) is 0 Å². The molecule has 1 N–H and O–H groups in total. The van der Waals surface area contributed by atoms with Gasteiger partial charge in [-0.1, -0.05) is 12.1 Å². The second-order valence-electron chi connectivity index (χ2n) is 8.00. The lowest BCUT2D eigenvalue weighted by Crippen LogP contribution is -2.49. The highest BCUT2D eigenvalue weighted by Gasteiger charge is 2.29. The summed E-state index contributed by atoms with van der Waals surface area (Å²) < 4.78 is 37.4. The van der Waals surface area contributed by atoms with Crippen molar-refractivity contribution in [3.8, 4) is 5.75 Å². The molecule has 3 heterocycles. The third-order valence-corrected chi connectivity index (χ3v) is 7.91. The number of H-pyrrole nitrogens is 1. The second kappa shape index (κ2) is 10.0. The standard InChI is InChI=1S/C22H30N4O5S/c1-30-19-4-2-18(3-5-19)6-7-24-8-10-25(11-9-24)22(27)21-16-20(17-23-21)32(28,29)26-12-14-31-15-13-26/h2-5,16-17,23H,6-15H2,1H3. The zero-order chi connectivity index (χ0) is 22.6. The molecule has 4 rings (SSSR count). The largest absolute Gasteiger partial charge is 0.497 e. The first-order valence-electron chi connectivity index (χ1n) is 10.9. The highest BCUT2D eigenvalue weighted by Crippen LogP contribution is 2.19. The second-order valence-corrected chi connectivity index (χ2v) is 9.94. The van der Waals surface area contributed by atoms with Crippen LogP contribution in [0.4, 0.5) is 0 Å². The SMILES string of the molecule is COc1ccc(CCN2CCN(C(=O)c3cc(S(=O)(=O)N4CCOCC4)c[nH]3)CC2)cc1. The van der Waals surface area contributed by atoms with Crippen molar-refractivity contribution in [2.45, 2.75) is 11.3 Å². The minimum atomic E-state index is -3.62. The lowest BCUT2D eigenvalue weighted by molar-refractivity contribution is 0.0633. The van der Waals surface area contributed by atoms with Gasteiger partial charge in [0.05, 0.1) is 20.3 Å². The van der Waals surface area contributed by atoms with Crippen molar-refractivity contribution in [1.29, 1.82) is 0 Å². The number of benzene rings is 1. The van der Waals surface area contributed by atoms with Gasteiger partial charge in [-0.2, -0.15) is 4.31 Å². The molecule has 0 spiro atoms. The smallest absolute Gasteiger partial charge is 0.270 e. The van der Waals surface area contributed by atoms with Gasteiger partial charge >= 0.3 is 0 Å². The Morgan fingerprint density at radius 3 is 2.41 bits per heavy atom. The molecule has 1 amide bonds. The van der Waals surface area contributed by atoms with Gasteiger partial charge in [0.25, 0.3) is 5.91 Å². The first-order valence-corrected chi connectivity index (χ1v) is 12.3. The number of sulfonamides is 1. The number of carbonyl (C=O) groups is 1. The van der Waals surface area contributed by atoms with Gasteiger partial charge in [0.15, 0.2) is 0 Å². The highest BCUT2D eigenvalue weighted by atomic mass is 32.2. The number of aromatic nitrogens is 1. The van der Waals surface area contributed by atoms with E-state index in [4.69, 9.17) is 9.47 Å². The van der Waals surface area contributed by atoms with Gasteiger partial charge in [-0.3, -0.25) is 9.69 Å². The van der Waals surface area contributed by atoms with Gasteiger partial charge in [-0.15, -0.1) is 0 Å². The zero-order valence-electron chi connectivity index (χ0n) is 18.3. The summed E-state index contributed by atoms with van der Waals surface area (Å²) in [4.78, 5) is 20.0. The van der Waals surface area contributed by atoms with Crippen LogP contribution in [0.1, 0.15) is 16.1 Å². The number of piperazine rings is 1. The Kier molecular flexibility index (Phi) is 7.14. The minimum Gasteiger partial charge on any atom is -0.497 e. The van der Waals surface area contributed by atoms with E-state index in [9.17, 15) is 13.2 Å². The molecule has 0 unspecified atom stereocenters. The number of morpholine rings is 1. The van der Waals surface area contributed by atoms with Crippen molar-refractivity contribution in [3.63, 3.8) is 0 Å². The van der Waals surface area contributed by atoms with E-state index in [0.717, 1.165) is 31.8 Å². The summed E-state index contributed by atoms with van der Waals surface area (Å²) in [5.74, 6) is 0.689. The van der Waals surface area contributed by atoms with Crippen LogP contribution in [0.5, 0.6) is 5.75 Å². The van der Waals surface area contributed by atoms with Crippen LogP contribution in [0.15, 0.2) is 41.4 Å². The number of methoxy groups -OCH3 is 1. The molecule has 0 saturated carbocycles. The van der Waals surface area contributed by atoms with Crippen LogP contribution >= 0.6 is 0 Å². The van der Waals surface area contributed by atoms with E-state index in [1.54, 1.807) is 12.0 Å². The number of nitrogens with zero attached hydrogens (tertiary/aromatic N) is 3. The van der Waals surface area contributed by atoms with Crippen LogP contribution in [0.3, 0.4) is 0 Å². The van der Waals surface area contributed by atoms with Gasteiger partial charge in [0, 0.05) is 52.0 Å². The van der Waals surface area contributed by atoms with Gasteiger partial charge in [-0.05, 0) is 30.2 Å². The van der Waals surface area contributed by atoms with Crippen LogP contribution in [-0.2, 0) is 21.2 Å². The third-order valence-electron chi connectivity index (χ3n) is 6.03. The molecule has 9 nitrogen and oxygen atoms in total. The first kappa shape index (κ1) is 22.8. The van der Waals surface area contributed by atoms with E-state index >= 15 is 0 Å². The molecule has 174 valence electrons. The predicted octanol–water partition coefficient (Wildman–Crippen LogP) is 1.04. The summed E-state index contributed by atoms with van der Waals surface area (Å²) in [5.41, 5.74) is 1.56. The molecule has 2 aromatic rings. The summed E-state index contributed by atoms with van der Waals surface area (Å²) >= 11 is 0. The maximum atomic E-state index is 12.9. The molecule has 0 radical (unpaired) electrons. The molecule has 2 fully saturated rings. The van der Waals surface area contributed by atoms with Crippen LogP contribution in [0.25, 0.3) is 0 Å². The summed E-state index contributed by atoms with van der Waals surface area (Å²) in [6.45, 7) is 5.18. The van der Waals surface area contributed by atoms with E-state index in [2.05, 4.69) is 22.0 Å². The fraction of sp³-hybridized carbons (Fsp3) is 0.500. The first-order chi connectivity index (χ1) is 15.5. The Morgan fingerprint density at radius 2 is 1.75 bits per heavy atom. The molecular formula is C22H30N4O5S. The number of amides is 1. The Bertz CT molecular complexity index is 1010. The fourth-order valence-electron chi connectivity index (χ4n) is 4.01. The maximum Gasteiger partial charge on any atom is 0.270 e. The molecule has 0 bridgehead atoms. The highest BCUT2D eigenvalue weighted by molar-refractivity contribution is 7.89. The van der Waals surface area contributed by atoms with Gasteiger partial charge in [0.1, 0.15) is 16.3 Å². The van der Waals surface area contributed by atoms with Crippen molar-refractivity contribution in [3.05, 3.63) is 47.8 Å². The number of hydrogen-bond acceptors (Lipinski definition) is 6. The van der Waals surface area contributed by atoms with E-state index < -0.39 is 10.0 Å². The molecule has 1 aromatic carbocycles. The number of hydrogen-bond donors (Lipinski definition) is 1. The maximum absolute atomic E-state index is 12.9. The monoisotopic (exact) mass is 462 g/mol. The Hall–Kier alpha value is -2.40. The molecule has 1 aromatic heterocycles. The summed E-state index contributed by atoms with van der Waals surface area (Å²) in [6.07, 6.45) is 2.35. The van der Waals surface area contributed by atoms with Crippen molar-refractivity contribution < 1.29 is 22.7 Å². The lowest BCUT2D eigenvalue weighted by Gasteiger charge is -2.34. The quantitative estimate of drug-likeness (QED) is 0.661. The molecule has 10 heteroatoms. The summed E-state index contributed by atoms with van der Waals surface area (Å²) in [6, 6.07) is 9.54. The van der Waals surface area contributed by atoms with Gasteiger partial charge in [-0.25, -0.2) is 8.42 Å². The lowest BCUT2D eigenvalue weighted by atomic mass is 10.1. The summed E-state index contributed by atoms with van der Waals surface area (Å²) in [7, 11) is -1.96. The zero-order valence-corrected chi connectivity index (χ0v) is 19.1. The molecule has 2 aliphatic rings. The third kappa shape index (κ3) is 5.15. The fourth-order valence-corrected chi connectivity index (χ4v) is 5.41. The molecule has 2 aliphatic heterocycles. The average molecular weight is 463 g/mol. The minimum absolute atomic E-state index is 0.126. The van der Waals surface area contributed by atoms with Crippen molar-refractivity contribution in [1.82, 2.24) is 19.1 Å². The molecular weight excluding hydrogens is 432 g/mol. The number of nitrogens with one attached hydrogen (secondary N) is 1. The van der Waals surface area contributed by atoms with Crippen LogP contribution in [0.2, 0.25) is 0 Å². The van der Waals surface area contributed by atoms with Crippen molar-refractivity contribution in [2.75, 3.05) is 66.1 Å². The van der Waals surface area contributed by atoms with Gasteiger partial charge in [0.2, 0.25) is 10.0 Å². The predicted molar refractivity (Wildman–Crippen MR) is 119 cm³/mol. The van der Waals surface area contributed by atoms with E-state index in [0.29, 0.717) is 45.1 Å². The average Bonchev–Trinajstić information content (AvgIpc) is 3.35. The molecule has 0 atom stereocenters. The van der Waals surface area contributed by atoms with Crippen molar-refractivity contribution >= 4 is 15.9 Å². The number of carbonyl (C=O) groups excluding carboxylic acids is 1. The molecule has 32 heavy (non-hydrogen) atoms. The molecule has 0 aliphatic carbocycles. The van der Waals surface area contributed by atoms with Crippen LogP contribution < -0.4 is 4.74 Å². The number of ether oxygens (including phenoxy) is 2. The summed E-state index contributed by atoms with van der Waals surface area (Å²) in [5, 5.41) is 0. The molecule has 2 saturated heterocycles. The van der Waals surface area contributed by atoms with E-state index in [1.807, 2.05) is 12.1 Å². The van der Waals surface area contributed by atoms with E-state index in [1.165, 1.54) is 22.1 Å². The number of aromatic amines is 1. The van der Waals surface area contributed by atoms with Crippen LogP contribution in [-0.4, -0.2) is 99.6 Å².